The highest BCUT2D eigenvalue weighted by molar-refractivity contribution is 5.26. The van der Waals surface area contributed by atoms with Crippen molar-refractivity contribution in [2.45, 2.75) is 44.7 Å². The molecule has 1 saturated carbocycles. The molecule has 2 nitrogen and oxygen atoms in total. The molecule has 0 bridgehead atoms. The van der Waals surface area contributed by atoms with Crippen LogP contribution in [0.25, 0.3) is 0 Å². The zero-order valence-electron chi connectivity index (χ0n) is 10.2. The molecule has 0 aliphatic heterocycles. The Morgan fingerprint density at radius 1 is 1.38 bits per heavy atom. The summed E-state index contributed by atoms with van der Waals surface area (Å²) in [6.07, 6.45) is 2.21. The number of aliphatic hydroxyl groups is 1. The summed E-state index contributed by atoms with van der Waals surface area (Å²) >= 11 is 0. The van der Waals surface area contributed by atoms with Crippen LogP contribution < -0.4 is 5.32 Å². The Hall–Kier alpha value is -0.860. The summed E-state index contributed by atoms with van der Waals surface area (Å²) in [6, 6.07) is 8.69. The molecule has 2 heteroatoms. The van der Waals surface area contributed by atoms with Gasteiger partial charge in [-0.25, -0.2) is 0 Å². The minimum atomic E-state index is 0.0356. The van der Waals surface area contributed by atoms with Gasteiger partial charge in [-0.3, -0.25) is 0 Å². The van der Waals surface area contributed by atoms with Crippen LogP contribution in [-0.4, -0.2) is 17.3 Å². The van der Waals surface area contributed by atoms with Crippen molar-refractivity contribution >= 4 is 0 Å². The highest BCUT2D eigenvalue weighted by atomic mass is 16.3. The molecule has 0 aromatic heterocycles. The minimum absolute atomic E-state index is 0.0356. The third-order valence-corrected chi connectivity index (χ3v) is 3.44. The van der Waals surface area contributed by atoms with E-state index >= 15 is 0 Å². The molecule has 2 rings (SSSR count). The standard InChI is InChI=1S/C14H21NO/c1-11(2)13-5-3-4-12(8-13)9-15-14(10-16)6-7-14/h3-5,8,11,15-16H,6-7,9-10H2,1-2H3. The minimum Gasteiger partial charge on any atom is -0.394 e. The van der Waals surface area contributed by atoms with Crippen molar-refractivity contribution in [1.29, 1.82) is 0 Å². The molecule has 2 N–H and O–H groups in total. The van der Waals surface area contributed by atoms with Crippen molar-refractivity contribution in [3.05, 3.63) is 35.4 Å². The number of nitrogens with one attached hydrogen (secondary N) is 1. The predicted molar refractivity (Wildman–Crippen MR) is 66.4 cm³/mol. The lowest BCUT2D eigenvalue weighted by molar-refractivity contribution is 0.229. The first-order valence-corrected chi connectivity index (χ1v) is 6.10. The number of benzene rings is 1. The molecule has 1 aliphatic carbocycles. The van der Waals surface area contributed by atoms with Crippen LogP contribution in [0, 0.1) is 0 Å². The van der Waals surface area contributed by atoms with Crippen LogP contribution in [0.1, 0.15) is 43.7 Å². The summed E-state index contributed by atoms with van der Waals surface area (Å²) < 4.78 is 0. The topological polar surface area (TPSA) is 32.3 Å². The summed E-state index contributed by atoms with van der Waals surface area (Å²) in [6.45, 7) is 5.54. The molecule has 16 heavy (non-hydrogen) atoms. The van der Waals surface area contributed by atoms with E-state index in [1.807, 2.05) is 0 Å². The van der Waals surface area contributed by atoms with Crippen LogP contribution in [0.15, 0.2) is 24.3 Å². The third kappa shape index (κ3) is 2.63. The Labute approximate surface area is 97.7 Å². The lowest BCUT2D eigenvalue weighted by atomic mass is 10.0. The molecular formula is C14H21NO. The number of aliphatic hydroxyl groups excluding tert-OH is 1. The monoisotopic (exact) mass is 219 g/mol. The molecule has 0 unspecified atom stereocenters. The Bertz CT molecular complexity index is 356. The fourth-order valence-corrected chi connectivity index (χ4v) is 1.89. The van der Waals surface area contributed by atoms with E-state index in [9.17, 15) is 5.11 Å². The number of hydrogen-bond acceptors (Lipinski definition) is 2. The molecule has 0 radical (unpaired) electrons. The van der Waals surface area contributed by atoms with Crippen molar-refractivity contribution < 1.29 is 5.11 Å². The maximum Gasteiger partial charge on any atom is 0.0613 e. The van der Waals surface area contributed by atoms with Crippen LogP contribution in [0.2, 0.25) is 0 Å². The zero-order chi connectivity index (χ0) is 11.6. The lowest BCUT2D eigenvalue weighted by Crippen LogP contribution is -2.34. The van der Waals surface area contributed by atoms with Crippen molar-refractivity contribution in [1.82, 2.24) is 5.32 Å². The first-order chi connectivity index (χ1) is 7.65. The van der Waals surface area contributed by atoms with Gasteiger partial charge in [-0.2, -0.15) is 0 Å². The fraction of sp³-hybridized carbons (Fsp3) is 0.571. The lowest BCUT2D eigenvalue weighted by Gasteiger charge is -2.15. The first kappa shape index (κ1) is 11.6. The van der Waals surface area contributed by atoms with E-state index in [0.29, 0.717) is 5.92 Å². The highest BCUT2D eigenvalue weighted by Crippen LogP contribution is 2.34. The Balaban J connectivity index is 1.96. The Morgan fingerprint density at radius 3 is 2.69 bits per heavy atom. The SMILES string of the molecule is CC(C)c1cccc(CNC2(CO)CC2)c1. The second kappa shape index (κ2) is 4.56. The van der Waals surface area contributed by atoms with Gasteiger partial charge < -0.3 is 10.4 Å². The fourth-order valence-electron chi connectivity index (χ4n) is 1.89. The molecular weight excluding hydrogens is 198 g/mol. The second-order valence-corrected chi connectivity index (χ2v) is 5.19. The second-order valence-electron chi connectivity index (χ2n) is 5.19. The highest BCUT2D eigenvalue weighted by Gasteiger charge is 2.41. The van der Waals surface area contributed by atoms with Gasteiger partial charge in [0.1, 0.15) is 0 Å². The Kier molecular flexibility index (Phi) is 3.31. The average Bonchev–Trinajstić information content (AvgIpc) is 3.07. The van der Waals surface area contributed by atoms with E-state index in [1.54, 1.807) is 0 Å². The van der Waals surface area contributed by atoms with Crippen LogP contribution in [-0.2, 0) is 6.54 Å². The van der Waals surface area contributed by atoms with Gasteiger partial charge in [-0.15, -0.1) is 0 Å². The smallest absolute Gasteiger partial charge is 0.0613 e. The number of rotatable bonds is 5. The van der Waals surface area contributed by atoms with Gasteiger partial charge in [0.25, 0.3) is 0 Å². The van der Waals surface area contributed by atoms with Crippen molar-refractivity contribution in [3.63, 3.8) is 0 Å². The summed E-state index contributed by atoms with van der Waals surface area (Å²) in [5.41, 5.74) is 2.73. The number of hydrogen-bond donors (Lipinski definition) is 2. The third-order valence-electron chi connectivity index (χ3n) is 3.44. The average molecular weight is 219 g/mol. The molecule has 0 saturated heterocycles. The maximum absolute atomic E-state index is 9.21. The maximum atomic E-state index is 9.21. The molecule has 1 aromatic carbocycles. The van der Waals surface area contributed by atoms with Crippen LogP contribution in [0.4, 0.5) is 0 Å². The van der Waals surface area contributed by atoms with Gasteiger partial charge in [-0.05, 0) is 29.9 Å². The molecule has 1 aliphatic rings. The van der Waals surface area contributed by atoms with Crippen LogP contribution >= 0.6 is 0 Å². The van der Waals surface area contributed by atoms with Crippen molar-refractivity contribution in [2.24, 2.45) is 0 Å². The van der Waals surface area contributed by atoms with E-state index in [4.69, 9.17) is 0 Å². The molecule has 0 amide bonds. The summed E-state index contributed by atoms with van der Waals surface area (Å²) in [7, 11) is 0. The van der Waals surface area contributed by atoms with E-state index < -0.39 is 0 Å². The molecule has 88 valence electrons. The predicted octanol–water partition coefficient (Wildman–Crippen LogP) is 2.42. The molecule has 0 atom stereocenters. The summed E-state index contributed by atoms with van der Waals surface area (Å²) in [4.78, 5) is 0. The van der Waals surface area contributed by atoms with Crippen molar-refractivity contribution in [3.8, 4) is 0 Å². The molecule has 0 spiro atoms. The van der Waals surface area contributed by atoms with Crippen LogP contribution in [0.5, 0.6) is 0 Å². The molecule has 0 heterocycles. The van der Waals surface area contributed by atoms with E-state index in [-0.39, 0.29) is 12.1 Å². The van der Waals surface area contributed by atoms with Gasteiger partial charge in [-0.1, -0.05) is 38.1 Å². The van der Waals surface area contributed by atoms with Gasteiger partial charge in [0.15, 0.2) is 0 Å². The normalized spacial score (nSPS) is 17.8. The van der Waals surface area contributed by atoms with Gasteiger partial charge in [0.05, 0.1) is 6.61 Å². The van der Waals surface area contributed by atoms with Crippen LogP contribution in [0.3, 0.4) is 0 Å². The van der Waals surface area contributed by atoms with E-state index in [0.717, 1.165) is 19.4 Å². The zero-order valence-corrected chi connectivity index (χ0v) is 10.2. The largest absolute Gasteiger partial charge is 0.394 e. The Morgan fingerprint density at radius 2 is 2.12 bits per heavy atom. The molecule has 1 fully saturated rings. The quantitative estimate of drug-likeness (QED) is 0.797. The van der Waals surface area contributed by atoms with Gasteiger partial charge >= 0.3 is 0 Å². The van der Waals surface area contributed by atoms with Gasteiger partial charge in [0.2, 0.25) is 0 Å². The summed E-state index contributed by atoms with van der Waals surface area (Å²) in [5, 5.41) is 12.7. The summed E-state index contributed by atoms with van der Waals surface area (Å²) in [5.74, 6) is 0.577. The van der Waals surface area contributed by atoms with Crippen molar-refractivity contribution in [2.75, 3.05) is 6.61 Å². The molecule has 1 aromatic rings. The van der Waals surface area contributed by atoms with E-state index in [1.165, 1.54) is 11.1 Å². The first-order valence-electron chi connectivity index (χ1n) is 6.10. The van der Waals surface area contributed by atoms with E-state index in [2.05, 4.69) is 43.4 Å². The van der Waals surface area contributed by atoms with Gasteiger partial charge in [0, 0.05) is 12.1 Å².